The van der Waals surface area contributed by atoms with Gasteiger partial charge in [-0.3, -0.25) is 14.4 Å². The summed E-state index contributed by atoms with van der Waals surface area (Å²) in [7, 11) is 0. The molecule has 0 spiro atoms. The zero-order valence-corrected chi connectivity index (χ0v) is 30.4. The van der Waals surface area contributed by atoms with Crippen LogP contribution in [0.4, 0.5) is 0 Å². The summed E-state index contributed by atoms with van der Waals surface area (Å²) in [4.78, 5) is 41.9. The molecule has 11 heteroatoms. The zero-order chi connectivity index (χ0) is 34.8. The van der Waals surface area contributed by atoms with Crippen LogP contribution in [0, 0.1) is 17.8 Å². The predicted octanol–water partition coefficient (Wildman–Crippen LogP) is 5.39. The van der Waals surface area contributed by atoms with Gasteiger partial charge in [0.1, 0.15) is 18.3 Å². The van der Waals surface area contributed by atoms with Crippen molar-refractivity contribution in [3.05, 3.63) is 0 Å². The topological polar surface area (TPSA) is 138 Å². The summed E-state index contributed by atoms with van der Waals surface area (Å²) >= 11 is 0. The van der Waals surface area contributed by atoms with Crippen LogP contribution in [-0.4, -0.2) is 90.0 Å². The number of rotatable bonds is 6. The van der Waals surface area contributed by atoms with Crippen LogP contribution in [0.1, 0.15) is 134 Å². The summed E-state index contributed by atoms with van der Waals surface area (Å²) in [5.74, 6) is -4.31. The molecular formula is C35H61N3O8. The van der Waals surface area contributed by atoms with Gasteiger partial charge in [-0.15, -0.1) is 0 Å². The van der Waals surface area contributed by atoms with Crippen molar-refractivity contribution in [3.63, 3.8) is 0 Å². The Kier molecular flexibility index (Phi) is 9.88. The zero-order valence-electron chi connectivity index (χ0n) is 30.4. The molecule has 0 radical (unpaired) electrons. The molecule has 0 amide bonds. The molecule has 264 valence electrons. The van der Waals surface area contributed by atoms with Gasteiger partial charge in [-0.25, -0.2) is 0 Å². The lowest BCUT2D eigenvalue weighted by atomic mass is 9.80. The summed E-state index contributed by atoms with van der Waals surface area (Å²) in [6, 6.07) is 0. The number of nitrogens with zero attached hydrogens (tertiary/aromatic N) is 2. The standard InChI is InChI=1S/C35H61N3O8/c1-30(2)15-21(16-31(3,4)36-30)46-29(41)26-24(27(39)44-22-17-32(5,6)37(42)33(7,8)18-22)13-14-25(26)28(40)45-23-19-34(9,10)38(43)35(11,12)20-23/h21-26,36,42-43H,13-20H2,1-12H3. The quantitative estimate of drug-likeness (QED) is 0.252. The van der Waals surface area contributed by atoms with E-state index in [1.165, 1.54) is 10.1 Å². The molecule has 3 heterocycles. The summed E-state index contributed by atoms with van der Waals surface area (Å²) in [5.41, 5.74) is -3.00. The normalized spacial score (nSPS) is 32.9. The number of piperidine rings is 3. The minimum atomic E-state index is -1.03. The van der Waals surface area contributed by atoms with Crippen molar-refractivity contribution in [1.82, 2.24) is 15.4 Å². The van der Waals surface area contributed by atoms with Gasteiger partial charge in [0.05, 0.1) is 17.8 Å². The fraction of sp³-hybridized carbons (Fsp3) is 0.914. The maximum absolute atomic E-state index is 14.1. The van der Waals surface area contributed by atoms with E-state index in [9.17, 15) is 24.8 Å². The van der Waals surface area contributed by atoms with Crippen LogP contribution in [0.15, 0.2) is 0 Å². The first-order chi connectivity index (χ1) is 20.8. The molecule has 46 heavy (non-hydrogen) atoms. The Morgan fingerprint density at radius 1 is 0.522 bits per heavy atom. The Morgan fingerprint density at radius 3 is 1.13 bits per heavy atom. The third-order valence-electron chi connectivity index (χ3n) is 10.7. The van der Waals surface area contributed by atoms with Gasteiger partial charge in [0.15, 0.2) is 0 Å². The number of nitrogens with one attached hydrogen (secondary N) is 1. The lowest BCUT2D eigenvalue weighted by Crippen LogP contribution is -2.61. The van der Waals surface area contributed by atoms with Crippen LogP contribution < -0.4 is 5.32 Å². The van der Waals surface area contributed by atoms with Crippen LogP contribution in [0.5, 0.6) is 0 Å². The van der Waals surface area contributed by atoms with Gasteiger partial charge in [0.2, 0.25) is 0 Å². The second kappa shape index (κ2) is 12.3. The molecule has 2 unspecified atom stereocenters. The van der Waals surface area contributed by atoms with Crippen LogP contribution in [0.3, 0.4) is 0 Å². The first-order valence-corrected chi connectivity index (χ1v) is 17.1. The van der Waals surface area contributed by atoms with Crippen molar-refractivity contribution < 1.29 is 39.0 Å². The highest BCUT2D eigenvalue weighted by atomic mass is 16.6. The Balaban J connectivity index is 1.56. The van der Waals surface area contributed by atoms with Gasteiger partial charge < -0.3 is 29.9 Å². The first kappa shape index (κ1) is 37.0. The van der Waals surface area contributed by atoms with Gasteiger partial charge >= 0.3 is 17.9 Å². The number of hydrogen-bond donors (Lipinski definition) is 3. The molecular weight excluding hydrogens is 590 g/mol. The van der Waals surface area contributed by atoms with Gasteiger partial charge in [-0.2, -0.15) is 10.1 Å². The molecule has 2 atom stereocenters. The fourth-order valence-electron chi connectivity index (χ4n) is 9.44. The molecule has 3 saturated heterocycles. The van der Waals surface area contributed by atoms with E-state index in [1.807, 2.05) is 55.4 Å². The highest BCUT2D eigenvalue weighted by Crippen LogP contribution is 2.45. The van der Waals surface area contributed by atoms with Crippen molar-refractivity contribution in [3.8, 4) is 0 Å². The Morgan fingerprint density at radius 2 is 0.804 bits per heavy atom. The van der Waals surface area contributed by atoms with E-state index >= 15 is 0 Å². The van der Waals surface area contributed by atoms with Gasteiger partial charge in [-0.1, -0.05) is 0 Å². The number of hydrogen-bond acceptors (Lipinski definition) is 11. The molecule has 11 nitrogen and oxygen atoms in total. The third-order valence-corrected chi connectivity index (χ3v) is 10.7. The van der Waals surface area contributed by atoms with E-state index in [0.29, 0.717) is 51.4 Å². The number of hydroxylamine groups is 4. The maximum Gasteiger partial charge on any atom is 0.310 e. The number of carbonyl (C=O) groups is 3. The van der Waals surface area contributed by atoms with Crippen LogP contribution in [0.25, 0.3) is 0 Å². The predicted molar refractivity (Wildman–Crippen MR) is 172 cm³/mol. The molecule has 1 aliphatic carbocycles. The second-order valence-electron chi connectivity index (χ2n) is 18.5. The van der Waals surface area contributed by atoms with Crippen molar-refractivity contribution >= 4 is 17.9 Å². The molecule has 0 aromatic carbocycles. The summed E-state index contributed by atoms with van der Waals surface area (Å²) < 4.78 is 18.4. The smallest absolute Gasteiger partial charge is 0.310 e. The molecule has 0 bridgehead atoms. The third kappa shape index (κ3) is 7.91. The van der Waals surface area contributed by atoms with Crippen molar-refractivity contribution in [1.29, 1.82) is 0 Å². The highest BCUT2D eigenvalue weighted by molar-refractivity contribution is 5.88. The largest absolute Gasteiger partial charge is 0.462 e. The maximum atomic E-state index is 14.1. The molecule has 4 fully saturated rings. The second-order valence-corrected chi connectivity index (χ2v) is 18.5. The number of ether oxygens (including phenoxy) is 3. The minimum Gasteiger partial charge on any atom is -0.462 e. The first-order valence-electron chi connectivity index (χ1n) is 17.1. The Bertz CT molecular complexity index is 1060. The van der Waals surface area contributed by atoms with Gasteiger partial charge in [0, 0.05) is 71.8 Å². The van der Waals surface area contributed by atoms with E-state index in [2.05, 4.69) is 33.0 Å². The molecule has 0 aromatic rings. The average Bonchev–Trinajstić information content (AvgIpc) is 3.29. The summed E-state index contributed by atoms with van der Waals surface area (Å²) in [6.45, 7) is 23.5. The van der Waals surface area contributed by atoms with E-state index in [4.69, 9.17) is 14.2 Å². The molecule has 4 rings (SSSR count). The van der Waals surface area contributed by atoms with Crippen LogP contribution in [0.2, 0.25) is 0 Å². The van der Waals surface area contributed by atoms with E-state index in [-0.39, 0.29) is 17.2 Å². The summed E-state index contributed by atoms with van der Waals surface area (Å²) in [5, 5.41) is 27.7. The van der Waals surface area contributed by atoms with Crippen LogP contribution >= 0.6 is 0 Å². The molecule has 4 aliphatic rings. The monoisotopic (exact) mass is 651 g/mol. The van der Waals surface area contributed by atoms with Crippen molar-refractivity contribution in [2.75, 3.05) is 0 Å². The Labute approximate surface area is 276 Å². The molecule has 0 aromatic heterocycles. The SMILES string of the molecule is CC1(C)CC(OC(=O)C2C(C(=O)OC3CC(C)(C)N(O)C(C)(C)C3)CCC2C(=O)OC2CC(C)(C)N(O)C(C)(C)C2)CC(C)(C)N1. The Hall–Kier alpha value is -1.79. The molecule has 3 aliphatic heterocycles. The molecule has 1 saturated carbocycles. The van der Waals surface area contributed by atoms with Crippen molar-refractivity contribution in [2.45, 2.75) is 186 Å². The lowest BCUT2D eigenvalue weighted by molar-refractivity contribution is -0.260. The number of esters is 3. The van der Waals surface area contributed by atoms with Crippen LogP contribution in [-0.2, 0) is 28.6 Å². The highest BCUT2D eigenvalue weighted by Gasteiger charge is 2.54. The van der Waals surface area contributed by atoms with E-state index in [0.717, 1.165) is 0 Å². The van der Waals surface area contributed by atoms with E-state index < -0.39 is 70.0 Å². The summed E-state index contributed by atoms with van der Waals surface area (Å²) in [6.07, 6.45) is 2.25. The van der Waals surface area contributed by atoms with Crippen molar-refractivity contribution in [2.24, 2.45) is 17.8 Å². The number of carbonyl (C=O) groups excluding carboxylic acids is 3. The average molecular weight is 652 g/mol. The van der Waals surface area contributed by atoms with Gasteiger partial charge in [0.25, 0.3) is 0 Å². The van der Waals surface area contributed by atoms with E-state index in [1.54, 1.807) is 0 Å². The lowest BCUT2D eigenvalue weighted by Gasteiger charge is -2.51. The fourth-order valence-corrected chi connectivity index (χ4v) is 9.44. The minimum absolute atomic E-state index is 0.263. The molecule has 3 N–H and O–H groups in total. The van der Waals surface area contributed by atoms with Gasteiger partial charge in [-0.05, 0) is 95.9 Å².